The first-order valence-corrected chi connectivity index (χ1v) is 5.54. The summed E-state index contributed by atoms with van der Waals surface area (Å²) < 4.78 is 18.5. The van der Waals surface area contributed by atoms with E-state index in [1.54, 1.807) is 24.3 Å². The van der Waals surface area contributed by atoms with Gasteiger partial charge in [-0.25, -0.2) is 4.39 Å². The molecule has 0 aromatic heterocycles. The molecule has 0 fully saturated rings. The van der Waals surface area contributed by atoms with Crippen LogP contribution >= 0.6 is 0 Å². The van der Waals surface area contributed by atoms with Gasteiger partial charge in [-0.15, -0.1) is 0 Å². The highest BCUT2D eigenvalue weighted by molar-refractivity contribution is 6.04. The van der Waals surface area contributed by atoms with Crippen molar-refractivity contribution in [3.8, 4) is 11.5 Å². The maximum absolute atomic E-state index is 13.5. The summed E-state index contributed by atoms with van der Waals surface area (Å²) in [5.41, 5.74) is 0.359. The van der Waals surface area contributed by atoms with Crippen LogP contribution in [0.2, 0.25) is 0 Å². The van der Waals surface area contributed by atoms with E-state index in [1.807, 2.05) is 0 Å². The molecule has 0 radical (unpaired) electrons. The number of phenolic OH excluding ortho intramolecular Hbond substituents is 1. The molecule has 1 amide bonds. The van der Waals surface area contributed by atoms with E-state index in [4.69, 9.17) is 9.84 Å². The largest absolute Gasteiger partial charge is 0.508 e. The third-order valence-electron chi connectivity index (χ3n) is 2.52. The second-order valence-corrected chi connectivity index (χ2v) is 3.85. The summed E-state index contributed by atoms with van der Waals surface area (Å²) in [5.74, 6) is -1.01. The van der Waals surface area contributed by atoms with Gasteiger partial charge in [0.1, 0.15) is 17.3 Å². The molecule has 0 spiro atoms. The van der Waals surface area contributed by atoms with Gasteiger partial charge in [-0.05, 0) is 24.3 Å². The fourth-order valence-electron chi connectivity index (χ4n) is 1.59. The second kappa shape index (κ2) is 5.39. The predicted octanol–water partition coefficient (Wildman–Crippen LogP) is 2.79. The molecule has 0 aliphatic carbocycles. The van der Waals surface area contributed by atoms with E-state index >= 15 is 0 Å². The Labute approximate surface area is 109 Å². The molecule has 2 N–H and O–H groups in total. The fourth-order valence-corrected chi connectivity index (χ4v) is 1.59. The number of phenols is 1. The summed E-state index contributed by atoms with van der Waals surface area (Å²) in [6, 6.07) is 10.1. The van der Waals surface area contributed by atoms with Crippen LogP contribution in [0.1, 0.15) is 10.4 Å². The Hall–Kier alpha value is -2.56. The lowest BCUT2D eigenvalue weighted by Gasteiger charge is -2.07. The summed E-state index contributed by atoms with van der Waals surface area (Å²) in [4.78, 5) is 11.9. The van der Waals surface area contributed by atoms with Gasteiger partial charge in [0.2, 0.25) is 0 Å². The first-order chi connectivity index (χ1) is 9.10. The van der Waals surface area contributed by atoms with Crippen molar-refractivity contribution in [1.82, 2.24) is 0 Å². The van der Waals surface area contributed by atoms with Gasteiger partial charge < -0.3 is 15.2 Å². The minimum absolute atomic E-state index is 0.138. The highest BCUT2D eigenvalue weighted by Crippen LogP contribution is 2.19. The number of nitrogens with one attached hydrogen (secondary N) is 1. The number of rotatable bonds is 3. The third-order valence-corrected chi connectivity index (χ3v) is 2.52. The molecule has 0 bridgehead atoms. The first kappa shape index (κ1) is 12.9. The lowest BCUT2D eigenvalue weighted by molar-refractivity contribution is 0.102. The Balaban J connectivity index is 2.20. The molecule has 0 aliphatic rings. The molecule has 0 aliphatic heterocycles. The zero-order chi connectivity index (χ0) is 13.8. The predicted molar refractivity (Wildman–Crippen MR) is 69.0 cm³/mol. The van der Waals surface area contributed by atoms with Gasteiger partial charge in [-0.1, -0.05) is 6.07 Å². The van der Waals surface area contributed by atoms with E-state index in [9.17, 15) is 9.18 Å². The normalized spacial score (nSPS) is 10.0. The number of carbonyl (C=O) groups is 1. The molecular weight excluding hydrogens is 249 g/mol. The minimum Gasteiger partial charge on any atom is -0.508 e. The van der Waals surface area contributed by atoms with E-state index in [-0.39, 0.29) is 11.3 Å². The number of carbonyl (C=O) groups excluding carboxylic acids is 1. The van der Waals surface area contributed by atoms with Crippen molar-refractivity contribution in [2.24, 2.45) is 0 Å². The van der Waals surface area contributed by atoms with Crippen LogP contribution in [0.25, 0.3) is 0 Å². The molecule has 2 aromatic rings. The highest BCUT2D eigenvalue weighted by atomic mass is 19.1. The van der Waals surface area contributed by atoms with Gasteiger partial charge in [0.05, 0.1) is 12.7 Å². The molecule has 5 heteroatoms. The van der Waals surface area contributed by atoms with Gasteiger partial charge >= 0.3 is 0 Å². The van der Waals surface area contributed by atoms with E-state index < -0.39 is 11.7 Å². The third kappa shape index (κ3) is 3.01. The van der Waals surface area contributed by atoms with Crippen LogP contribution < -0.4 is 10.1 Å². The smallest absolute Gasteiger partial charge is 0.258 e. The number of hydrogen-bond donors (Lipinski definition) is 2. The van der Waals surface area contributed by atoms with Crippen molar-refractivity contribution in [2.45, 2.75) is 0 Å². The monoisotopic (exact) mass is 261 g/mol. The van der Waals surface area contributed by atoms with Crippen molar-refractivity contribution in [2.75, 3.05) is 12.4 Å². The zero-order valence-corrected chi connectivity index (χ0v) is 10.2. The van der Waals surface area contributed by atoms with Crippen LogP contribution in [0.15, 0.2) is 42.5 Å². The molecule has 98 valence electrons. The Morgan fingerprint density at radius 3 is 2.74 bits per heavy atom. The number of halogens is 1. The summed E-state index contributed by atoms with van der Waals surface area (Å²) in [5, 5.41) is 11.6. The number of benzene rings is 2. The van der Waals surface area contributed by atoms with Crippen molar-refractivity contribution in [1.29, 1.82) is 0 Å². The maximum Gasteiger partial charge on any atom is 0.258 e. The number of ether oxygens (including phenoxy) is 1. The van der Waals surface area contributed by atoms with E-state index in [1.165, 1.54) is 19.2 Å². The number of methoxy groups -OCH3 is 1. The van der Waals surface area contributed by atoms with Crippen molar-refractivity contribution >= 4 is 11.6 Å². The molecule has 0 unspecified atom stereocenters. The van der Waals surface area contributed by atoms with Gasteiger partial charge in [0, 0.05) is 17.8 Å². The standard InChI is InChI=1S/C14H12FNO3/c1-19-11-4-2-3-9(7-11)16-14(18)12-6-5-10(17)8-13(12)15/h2-8,17H,1H3,(H,16,18). The molecule has 0 saturated heterocycles. The van der Waals surface area contributed by atoms with Crippen LogP contribution in [-0.4, -0.2) is 18.1 Å². The molecule has 2 rings (SSSR count). The lowest BCUT2D eigenvalue weighted by atomic mass is 10.2. The van der Waals surface area contributed by atoms with Crippen LogP contribution in [0.3, 0.4) is 0 Å². The molecule has 2 aromatic carbocycles. The number of amides is 1. The summed E-state index contributed by atoms with van der Waals surface area (Å²) in [6.07, 6.45) is 0. The fraction of sp³-hybridized carbons (Fsp3) is 0.0714. The van der Waals surface area contributed by atoms with Crippen molar-refractivity contribution < 1.29 is 19.0 Å². The van der Waals surface area contributed by atoms with Crippen molar-refractivity contribution in [3.05, 3.63) is 53.8 Å². The van der Waals surface area contributed by atoms with E-state index in [2.05, 4.69) is 5.32 Å². The molecule has 19 heavy (non-hydrogen) atoms. The van der Waals surface area contributed by atoms with Crippen molar-refractivity contribution in [3.63, 3.8) is 0 Å². The van der Waals surface area contributed by atoms with Crippen LogP contribution in [0.5, 0.6) is 11.5 Å². The SMILES string of the molecule is COc1cccc(NC(=O)c2ccc(O)cc2F)c1. The first-order valence-electron chi connectivity index (χ1n) is 5.54. The minimum atomic E-state index is -0.777. The zero-order valence-electron chi connectivity index (χ0n) is 10.2. The maximum atomic E-state index is 13.5. The number of anilines is 1. The Morgan fingerprint density at radius 2 is 2.05 bits per heavy atom. The van der Waals surface area contributed by atoms with Gasteiger partial charge in [0.15, 0.2) is 0 Å². The van der Waals surface area contributed by atoms with Gasteiger partial charge in [-0.3, -0.25) is 4.79 Å². The lowest BCUT2D eigenvalue weighted by Crippen LogP contribution is -2.13. The second-order valence-electron chi connectivity index (χ2n) is 3.85. The quantitative estimate of drug-likeness (QED) is 0.893. The molecule has 0 heterocycles. The van der Waals surface area contributed by atoms with Gasteiger partial charge in [-0.2, -0.15) is 0 Å². The molecular formula is C14H12FNO3. The molecule has 0 atom stereocenters. The Morgan fingerprint density at radius 1 is 1.26 bits per heavy atom. The molecule has 4 nitrogen and oxygen atoms in total. The van der Waals surface area contributed by atoms with Crippen LogP contribution in [-0.2, 0) is 0 Å². The van der Waals surface area contributed by atoms with E-state index in [0.717, 1.165) is 6.07 Å². The van der Waals surface area contributed by atoms with Crippen LogP contribution in [0, 0.1) is 5.82 Å². The van der Waals surface area contributed by atoms with E-state index in [0.29, 0.717) is 11.4 Å². The van der Waals surface area contributed by atoms with Crippen LogP contribution in [0.4, 0.5) is 10.1 Å². The summed E-state index contributed by atoms with van der Waals surface area (Å²) in [7, 11) is 1.51. The Kier molecular flexibility index (Phi) is 3.66. The van der Waals surface area contributed by atoms with Gasteiger partial charge in [0.25, 0.3) is 5.91 Å². The number of aromatic hydroxyl groups is 1. The average Bonchev–Trinajstić information content (AvgIpc) is 2.38. The average molecular weight is 261 g/mol. The Bertz CT molecular complexity index is 613. The topological polar surface area (TPSA) is 58.6 Å². The highest BCUT2D eigenvalue weighted by Gasteiger charge is 2.12. The summed E-state index contributed by atoms with van der Waals surface area (Å²) >= 11 is 0. The molecule has 0 saturated carbocycles. The summed E-state index contributed by atoms with van der Waals surface area (Å²) in [6.45, 7) is 0. The number of hydrogen-bond acceptors (Lipinski definition) is 3.